The van der Waals surface area contributed by atoms with Crippen molar-refractivity contribution in [3.05, 3.63) is 82.3 Å². The highest BCUT2D eigenvalue weighted by molar-refractivity contribution is 6.35. The van der Waals surface area contributed by atoms with E-state index in [2.05, 4.69) is 5.32 Å². The summed E-state index contributed by atoms with van der Waals surface area (Å²) in [6.45, 7) is 0. The van der Waals surface area contributed by atoms with Crippen molar-refractivity contribution in [2.24, 2.45) is 0 Å². The van der Waals surface area contributed by atoms with Crippen LogP contribution in [0.1, 0.15) is 5.56 Å². The van der Waals surface area contributed by atoms with E-state index in [1.807, 2.05) is 42.5 Å². The van der Waals surface area contributed by atoms with Crippen LogP contribution in [0.4, 0.5) is 5.69 Å². The molecule has 4 heteroatoms. The van der Waals surface area contributed by atoms with Gasteiger partial charge < -0.3 is 5.32 Å². The van der Waals surface area contributed by atoms with Gasteiger partial charge in [-0.1, -0.05) is 65.7 Å². The Hall–Kier alpha value is -2.29. The van der Waals surface area contributed by atoms with Crippen molar-refractivity contribution >= 4 is 51.6 Å². The minimum Gasteiger partial charge on any atom is -0.322 e. The molecule has 3 aromatic carbocycles. The third-order valence-electron chi connectivity index (χ3n) is 3.37. The molecule has 3 aromatic rings. The Kier molecular flexibility index (Phi) is 4.65. The summed E-state index contributed by atoms with van der Waals surface area (Å²) in [7, 11) is 0. The third-order valence-corrected chi connectivity index (χ3v) is 3.80. The number of fused-ring (bicyclic) bond motifs is 1. The first-order valence-electron chi connectivity index (χ1n) is 7.05. The van der Waals surface area contributed by atoms with E-state index in [4.69, 9.17) is 23.2 Å². The Labute approximate surface area is 144 Å². The number of carbonyl (C=O) groups excluding carboxylic acids is 1. The Balaban J connectivity index is 1.80. The molecule has 0 saturated heterocycles. The molecule has 23 heavy (non-hydrogen) atoms. The summed E-state index contributed by atoms with van der Waals surface area (Å²) in [6.07, 6.45) is 3.29. The van der Waals surface area contributed by atoms with E-state index >= 15 is 0 Å². The smallest absolute Gasteiger partial charge is 0.248 e. The van der Waals surface area contributed by atoms with Crippen LogP contribution in [0.15, 0.2) is 66.7 Å². The zero-order valence-electron chi connectivity index (χ0n) is 12.1. The third kappa shape index (κ3) is 3.92. The Bertz CT molecular complexity index is 877. The minimum absolute atomic E-state index is 0.240. The van der Waals surface area contributed by atoms with Crippen molar-refractivity contribution in [2.45, 2.75) is 0 Å². The molecule has 2 nitrogen and oxygen atoms in total. The van der Waals surface area contributed by atoms with E-state index in [0.717, 1.165) is 16.3 Å². The SMILES string of the molecule is O=C(/C=C\c1cccc2ccccc12)Nc1cc(Cl)cc(Cl)c1. The first kappa shape index (κ1) is 15.6. The highest BCUT2D eigenvalue weighted by Crippen LogP contribution is 2.23. The van der Waals surface area contributed by atoms with Crippen molar-refractivity contribution in [3.63, 3.8) is 0 Å². The molecule has 0 aliphatic heterocycles. The summed E-state index contributed by atoms with van der Waals surface area (Å²) >= 11 is 11.8. The number of amides is 1. The van der Waals surface area contributed by atoms with Gasteiger partial charge in [-0.25, -0.2) is 0 Å². The predicted octanol–water partition coefficient (Wildman–Crippen LogP) is 5.80. The molecule has 0 aliphatic carbocycles. The van der Waals surface area contributed by atoms with Gasteiger partial charge in [0.05, 0.1) is 0 Å². The second-order valence-corrected chi connectivity index (χ2v) is 5.92. The van der Waals surface area contributed by atoms with Crippen LogP contribution in [0.2, 0.25) is 10.0 Å². The van der Waals surface area contributed by atoms with Crippen LogP contribution in [-0.4, -0.2) is 5.91 Å². The fourth-order valence-electron chi connectivity index (χ4n) is 2.37. The Morgan fingerprint density at radius 2 is 1.61 bits per heavy atom. The maximum Gasteiger partial charge on any atom is 0.248 e. The van der Waals surface area contributed by atoms with Gasteiger partial charge in [-0.05, 0) is 40.6 Å². The van der Waals surface area contributed by atoms with Crippen LogP contribution in [0, 0.1) is 0 Å². The lowest BCUT2D eigenvalue weighted by atomic mass is 10.0. The first-order chi connectivity index (χ1) is 11.1. The number of carbonyl (C=O) groups is 1. The summed E-state index contributed by atoms with van der Waals surface area (Å²) in [5.41, 5.74) is 1.55. The van der Waals surface area contributed by atoms with Gasteiger partial charge >= 0.3 is 0 Å². The van der Waals surface area contributed by atoms with Gasteiger partial charge in [-0.2, -0.15) is 0 Å². The van der Waals surface area contributed by atoms with Gasteiger partial charge in [0, 0.05) is 21.8 Å². The van der Waals surface area contributed by atoms with Crippen LogP contribution in [0.3, 0.4) is 0 Å². The average Bonchev–Trinajstić information content (AvgIpc) is 2.52. The van der Waals surface area contributed by atoms with Crippen LogP contribution < -0.4 is 5.32 Å². The summed E-state index contributed by atoms with van der Waals surface area (Å²) in [5.74, 6) is -0.240. The van der Waals surface area contributed by atoms with Gasteiger partial charge in [0.15, 0.2) is 0 Å². The molecule has 0 radical (unpaired) electrons. The number of benzene rings is 3. The zero-order valence-corrected chi connectivity index (χ0v) is 13.6. The number of hydrogen-bond acceptors (Lipinski definition) is 1. The van der Waals surface area contributed by atoms with Gasteiger partial charge in [0.2, 0.25) is 5.91 Å². The summed E-state index contributed by atoms with van der Waals surface area (Å²) < 4.78 is 0. The minimum atomic E-state index is -0.240. The van der Waals surface area contributed by atoms with Crippen molar-refractivity contribution in [2.75, 3.05) is 5.32 Å². The molecular weight excluding hydrogens is 329 g/mol. The van der Waals surface area contributed by atoms with Gasteiger partial charge in [-0.3, -0.25) is 4.79 Å². The lowest BCUT2D eigenvalue weighted by Gasteiger charge is -2.04. The van der Waals surface area contributed by atoms with E-state index in [-0.39, 0.29) is 5.91 Å². The van der Waals surface area contributed by atoms with E-state index in [0.29, 0.717) is 15.7 Å². The number of anilines is 1. The normalized spacial score (nSPS) is 11.0. The van der Waals surface area contributed by atoms with Crippen molar-refractivity contribution < 1.29 is 4.79 Å². The van der Waals surface area contributed by atoms with E-state index in [1.54, 1.807) is 24.3 Å². The molecule has 0 bridgehead atoms. The molecule has 0 fully saturated rings. The summed E-state index contributed by atoms with van der Waals surface area (Å²) in [5, 5.41) is 5.94. The molecule has 0 heterocycles. The van der Waals surface area contributed by atoms with Gasteiger partial charge in [0.25, 0.3) is 0 Å². The standard InChI is InChI=1S/C19H13Cl2NO/c20-15-10-16(21)12-17(11-15)22-19(23)9-8-14-6-3-5-13-4-1-2-7-18(13)14/h1-12H,(H,22,23)/b9-8-. The maximum atomic E-state index is 12.1. The number of halogens is 2. The van der Waals surface area contributed by atoms with Crippen LogP contribution >= 0.6 is 23.2 Å². The van der Waals surface area contributed by atoms with Crippen LogP contribution in [0.25, 0.3) is 16.8 Å². The summed E-state index contributed by atoms with van der Waals surface area (Å²) in [4.78, 5) is 12.1. The quantitative estimate of drug-likeness (QED) is 0.599. The molecule has 0 unspecified atom stereocenters. The largest absolute Gasteiger partial charge is 0.322 e. The second kappa shape index (κ2) is 6.86. The van der Waals surface area contributed by atoms with Crippen LogP contribution in [0.5, 0.6) is 0 Å². The lowest BCUT2D eigenvalue weighted by molar-refractivity contribution is -0.111. The number of rotatable bonds is 3. The Morgan fingerprint density at radius 3 is 2.39 bits per heavy atom. The lowest BCUT2D eigenvalue weighted by Crippen LogP contribution is -2.07. The molecule has 0 aliphatic rings. The van der Waals surface area contributed by atoms with E-state index in [1.165, 1.54) is 6.08 Å². The van der Waals surface area contributed by atoms with E-state index in [9.17, 15) is 4.79 Å². The molecule has 0 aromatic heterocycles. The fourth-order valence-corrected chi connectivity index (χ4v) is 2.90. The van der Waals surface area contributed by atoms with Crippen molar-refractivity contribution in [3.8, 4) is 0 Å². The first-order valence-corrected chi connectivity index (χ1v) is 7.80. The Morgan fingerprint density at radius 1 is 0.913 bits per heavy atom. The highest BCUT2D eigenvalue weighted by Gasteiger charge is 2.02. The monoisotopic (exact) mass is 341 g/mol. The molecule has 114 valence electrons. The van der Waals surface area contributed by atoms with Gasteiger partial charge in [-0.15, -0.1) is 0 Å². The molecule has 1 N–H and O–H groups in total. The second-order valence-electron chi connectivity index (χ2n) is 5.05. The molecule has 3 rings (SSSR count). The maximum absolute atomic E-state index is 12.1. The fraction of sp³-hybridized carbons (Fsp3) is 0. The average molecular weight is 342 g/mol. The highest BCUT2D eigenvalue weighted by atomic mass is 35.5. The molecule has 0 atom stereocenters. The molecule has 0 saturated carbocycles. The van der Waals surface area contributed by atoms with Crippen molar-refractivity contribution in [1.29, 1.82) is 0 Å². The number of hydrogen-bond donors (Lipinski definition) is 1. The molecule has 1 amide bonds. The zero-order chi connectivity index (χ0) is 16.2. The van der Waals surface area contributed by atoms with Crippen LogP contribution in [-0.2, 0) is 4.79 Å². The predicted molar refractivity (Wildman–Crippen MR) is 98.1 cm³/mol. The molecule has 0 spiro atoms. The molecular formula is C19H13Cl2NO. The number of nitrogens with one attached hydrogen (secondary N) is 1. The van der Waals surface area contributed by atoms with Gasteiger partial charge in [0.1, 0.15) is 0 Å². The van der Waals surface area contributed by atoms with E-state index < -0.39 is 0 Å². The summed E-state index contributed by atoms with van der Waals surface area (Å²) in [6, 6.07) is 18.9. The van der Waals surface area contributed by atoms with Crippen molar-refractivity contribution in [1.82, 2.24) is 0 Å². The topological polar surface area (TPSA) is 29.1 Å².